The minimum Gasteiger partial charge on any atom is -0.478 e. The van der Waals surface area contributed by atoms with Crippen LogP contribution in [0.15, 0.2) is 22.7 Å². The van der Waals surface area contributed by atoms with Gasteiger partial charge in [0.15, 0.2) is 0 Å². The Bertz CT molecular complexity index is 437. The summed E-state index contributed by atoms with van der Waals surface area (Å²) in [6.07, 6.45) is 2.27. The number of hydrogen-bond donors (Lipinski definition) is 2. The van der Waals surface area contributed by atoms with E-state index in [1.807, 2.05) is 6.26 Å². The van der Waals surface area contributed by atoms with E-state index < -0.39 is 5.97 Å². The number of nitrogens with one attached hydrogen (secondary N) is 1. The number of anilines is 1. The lowest BCUT2D eigenvalue weighted by molar-refractivity contribution is -0.115. The van der Waals surface area contributed by atoms with Crippen LogP contribution in [-0.2, 0) is 4.79 Å². The zero-order chi connectivity index (χ0) is 12.8. The van der Waals surface area contributed by atoms with Crippen molar-refractivity contribution in [2.45, 2.75) is 6.42 Å². The van der Waals surface area contributed by atoms with Crippen molar-refractivity contribution in [3.05, 3.63) is 28.2 Å². The summed E-state index contributed by atoms with van der Waals surface area (Å²) in [6, 6.07) is 4.76. The molecule has 0 spiro atoms. The number of para-hydroxylation sites is 1. The van der Waals surface area contributed by atoms with Crippen molar-refractivity contribution < 1.29 is 14.7 Å². The minimum atomic E-state index is -1.06. The predicted molar refractivity (Wildman–Crippen MR) is 72.7 cm³/mol. The second-order valence-electron chi connectivity index (χ2n) is 3.26. The van der Waals surface area contributed by atoms with Gasteiger partial charge in [0.1, 0.15) is 0 Å². The van der Waals surface area contributed by atoms with E-state index in [1.165, 1.54) is 6.07 Å². The molecule has 1 aromatic carbocycles. The fourth-order valence-corrected chi connectivity index (χ4v) is 2.08. The van der Waals surface area contributed by atoms with Crippen LogP contribution in [0.25, 0.3) is 0 Å². The Balaban J connectivity index is 2.89. The first-order valence-corrected chi connectivity index (χ1v) is 7.05. The van der Waals surface area contributed by atoms with Crippen molar-refractivity contribution in [3.8, 4) is 0 Å². The summed E-state index contributed by atoms with van der Waals surface area (Å²) in [4.78, 5) is 22.6. The van der Waals surface area contributed by atoms with E-state index in [4.69, 9.17) is 5.11 Å². The molecule has 0 heterocycles. The molecule has 0 unspecified atom stereocenters. The summed E-state index contributed by atoms with van der Waals surface area (Å²) in [6.45, 7) is 0. The second-order valence-corrected chi connectivity index (χ2v) is 5.10. The molecule has 0 fully saturated rings. The van der Waals surface area contributed by atoms with Crippen LogP contribution in [0.5, 0.6) is 0 Å². The van der Waals surface area contributed by atoms with Crippen LogP contribution in [0.2, 0.25) is 0 Å². The van der Waals surface area contributed by atoms with Crippen molar-refractivity contribution in [1.29, 1.82) is 0 Å². The van der Waals surface area contributed by atoms with Gasteiger partial charge in [-0.15, -0.1) is 0 Å². The van der Waals surface area contributed by atoms with E-state index in [-0.39, 0.29) is 11.5 Å². The number of amides is 1. The number of halogens is 1. The lowest BCUT2D eigenvalue weighted by atomic mass is 10.2. The first-order valence-electron chi connectivity index (χ1n) is 4.87. The molecular weight excluding hydrogens is 306 g/mol. The van der Waals surface area contributed by atoms with Crippen LogP contribution < -0.4 is 5.32 Å². The van der Waals surface area contributed by atoms with Gasteiger partial charge in [0.25, 0.3) is 0 Å². The number of carboxylic acid groups (broad SMARTS) is 1. The van der Waals surface area contributed by atoms with Crippen molar-refractivity contribution >= 4 is 45.3 Å². The molecule has 0 aliphatic heterocycles. The summed E-state index contributed by atoms with van der Waals surface area (Å²) < 4.78 is 0.565. The molecule has 92 valence electrons. The van der Waals surface area contributed by atoms with Crippen LogP contribution in [-0.4, -0.2) is 29.0 Å². The van der Waals surface area contributed by atoms with Crippen LogP contribution in [0.3, 0.4) is 0 Å². The number of benzene rings is 1. The molecule has 4 nitrogen and oxygen atoms in total. The fraction of sp³-hybridized carbons (Fsp3) is 0.273. The molecule has 2 N–H and O–H groups in total. The van der Waals surface area contributed by atoms with Gasteiger partial charge < -0.3 is 10.4 Å². The lowest BCUT2D eigenvalue weighted by Gasteiger charge is -2.10. The number of carbonyl (C=O) groups is 2. The molecule has 17 heavy (non-hydrogen) atoms. The van der Waals surface area contributed by atoms with E-state index in [1.54, 1.807) is 23.9 Å². The van der Waals surface area contributed by atoms with Crippen LogP contribution in [0, 0.1) is 0 Å². The maximum absolute atomic E-state index is 11.6. The SMILES string of the molecule is CSCCC(=O)Nc1c(Br)cccc1C(=O)O. The van der Waals surface area contributed by atoms with E-state index in [9.17, 15) is 9.59 Å². The molecule has 6 heteroatoms. The highest BCUT2D eigenvalue weighted by atomic mass is 79.9. The summed E-state index contributed by atoms with van der Waals surface area (Å²) in [5.41, 5.74) is 0.392. The van der Waals surface area contributed by atoms with Gasteiger partial charge in [-0.1, -0.05) is 6.07 Å². The van der Waals surface area contributed by atoms with Gasteiger partial charge in [0.05, 0.1) is 11.3 Å². The largest absolute Gasteiger partial charge is 0.478 e. The predicted octanol–water partition coefficient (Wildman–Crippen LogP) is 2.84. The zero-order valence-electron chi connectivity index (χ0n) is 9.20. The minimum absolute atomic E-state index is 0.0804. The zero-order valence-corrected chi connectivity index (χ0v) is 11.6. The van der Waals surface area contributed by atoms with Gasteiger partial charge in [-0.05, 0) is 34.3 Å². The van der Waals surface area contributed by atoms with Gasteiger partial charge in [-0.2, -0.15) is 11.8 Å². The molecule has 0 aliphatic rings. The van der Waals surface area contributed by atoms with Crippen molar-refractivity contribution in [3.63, 3.8) is 0 Å². The Morgan fingerprint density at radius 2 is 2.18 bits per heavy atom. The number of rotatable bonds is 5. The molecule has 1 rings (SSSR count). The summed E-state index contributed by atoms with van der Waals surface area (Å²) >= 11 is 4.80. The van der Waals surface area contributed by atoms with Crippen LogP contribution in [0.4, 0.5) is 5.69 Å². The smallest absolute Gasteiger partial charge is 0.337 e. The number of carboxylic acids is 1. The molecule has 0 aliphatic carbocycles. The highest BCUT2D eigenvalue weighted by Crippen LogP contribution is 2.26. The molecule has 1 aromatic rings. The summed E-state index contributed by atoms with van der Waals surface area (Å²) in [5.74, 6) is -0.543. The standard InChI is InChI=1S/C11H12BrNO3S/c1-17-6-5-9(14)13-10-7(11(15)16)3-2-4-8(10)12/h2-4H,5-6H2,1H3,(H,13,14)(H,15,16). The highest BCUT2D eigenvalue weighted by molar-refractivity contribution is 9.10. The molecule has 0 radical (unpaired) electrons. The maximum Gasteiger partial charge on any atom is 0.337 e. The van der Waals surface area contributed by atoms with Crippen LogP contribution in [0.1, 0.15) is 16.8 Å². The number of thioether (sulfide) groups is 1. The third kappa shape index (κ3) is 4.05. The Labute approximate surface area is 112 Å². The lowest BCUT2D eigenvalue weighted by Crippen LogP contribution is -2.15. The molecule has 0 atom stereocenters. The van der Waals surface area contributed by atoms with Gasteiger partial charge >= 0.3 is 5.97 Å². The van der Waals surface area contributed by atoms with E-state index in [0.717, 1.165) is 0 Å². The fourth-order valence-electron chi connectivity index (χ4n) is 1.23. The number of aromatic carboxylic acids is 1. The molecule has 0 saturated heterocycles. The Kier molecular flexibility index (Phi) is 5.50. The molecule has 0 aromatic heterocycles. The summed E-state index contributed by atoms with van der Waals surface area (Å²) in [7, 11) is 0. The van der Waals surface area contributed by atoms with Gasteiger partial charge in [0, 0.05) is 16.6 Å². The average Bonchev–Trinajstić information content (AvgIpc) is 2.28. The Morgan fingerprint density at radius 1 is 1.47 bits per heavy atom. The van der Waals surface area contributed by atoms with Crippen molar-refractivity contribution in [2.24, 2.45) is 0 Å². The third-order valence-corrected chi connectivity index (χ3v) is 3.31. The Morgan fingerprint density at radius 3 is 2.76 bits per heavy atom. The van der Waals surface area contributed by atoms with E-state index in [0.29, 0.717) is 22.3 Å². The van der Waals surface area contributed by atoms with Gasteiger partial charge in [-0.3, -0.25) is 4.79 Å². The highest BCUT2D eigenvalue weighted by Gasteiger charge is 2.14. The quantitative estimate of drug-likeness (QED) is 0.876. The van der Waals surface area contributed by atoms with Gasteiger partial charge in [-0.25, -0.2) is 4.79 Å². The summed E-state index contributed by atoms with van der Waals surface area (Å²) in [5, 5.41) is 11.6. The normalized spacial score (nSPS) is 10.0. The average molecular weight is 318 g/mol. The number of hydrogen-bond acceptors (Lipinski definition) is 3. The van der Waals surface area contributed by atoms with Gasteiger partial charge in [0.2, 0.25) is 5.91 Å². The Hall–Kier alpha value is -1.01. The van der Waals surface area contributed by atoms with E-state index in [2.05, 4.69) is 21.2 Å². The van der Waals surface area contributed by atoms with Crippen molar-refractivity contribution in [1.82, 2.24) is 0 Å². The molecule has 0 saturated carbocycles. The van der Waals surface area contributed by atoms with Crippen molar-refractivity contribution in [2.75, 3.05) is 17.3 Å². The second kappa shape index (κ2) is 6.66. The maximum atomic E-state index is 11.6. The molecule has 1 amide bonds. The number of carbonyl (C=O) groups excluding carboxylic acids is 1. The molecular formula is C11H12BrNO3S. The molecule has 0 bridgehead atoms. The van der Waals surface area contributed by atoms with E-state index >= 15 is 0 Å². The third-order valence-electron chi connectivity index (χ3n) is 2.04. The van der Waals surface area contributed by atoms with Crippen LogP contribution >= 0.6 is 27.7 Å². The first kappa shape index (κ1) is 14.1. The topological polar surface area (TPSA) is 66.4 Å². The monoisotopic (exact) mass is 317 g/mol. The first-order chi connectivity index (χ1) is 8.06.